The number of ether oxygens (including phenoxy) is 2. The number of hydrogen-bond acceptors (Lipinski definition) is 3. The number of alkyl halides is 6. The van der Waals surface area contributed by atoms with Gasteiger partial charge in [-0.05, 0) is 6.92 Å². The fourth-order valence-electron chi connectivity index (χ4n) is 1.11. The predicted molar refractivity (Wildman–Crippen MR) is 37.3 cm³/mol. The van der Waals surface area contributed by atoms with Gasteiger partial charge in [0.15, 0.2) is 0 Å². The lowest BCUT2D eigenvalue weighted by Gasteiger charge is -2.43. The van der Waals surface area contributed by atoms with Crippen LogP contribution in [0.1, 0.15) is 6.92 Å². The minimum atomic E-state index is -5.75. The van der Waals surface area contributed by atoms with Gasteiger partial charge in [0.05, 0.1) is 0 Å². The van der Waals surface area contributed by atoms with Crippen LogP contribution in [0.25, 0.3) is 0 Å². The molecule has 96 valence electrons. The van der Waals surface area contributed by atoms with Gasteiger partial charge >= 0.3 is 17.8 Å². The van der Waals surface area contributed by atoms with E-state index in [-0.39, 0.29) is 0 Å². The molecule has 0 aromatic rings. The van der Waals surface area contributed by atoms with Crippen LogP contribution in [-0.2, 0) is 9.47 Å². The molecule has 1 saturated heterocycles. The van der Waals surface area contributed by atoms with Crippen molar-refractivity contribution >= 4 is 0 Å². The summed E-state index contributed by atoms with van der Waals surface area (Å²) in [5, 5.41) is 8.54. The van der Waals surface area contributed by atoms with Crippen LogP contribution in [0.4, 0.5) is 26.3 Å². The minimum absolute atomic E-state index is 0.464. The molecule has 1 aliphatic rings. The summed E-state index contributed by atoms with van der Waals surface area (Å²) in [5.41, 5.74) is 0. The van der Waals surface area contributed by atoms with Crippen LogP contribution in [0.3, 0.4) is 0 Å². The van der Waals surface area contributed by atoms with Crippen LogP contribution >= 0.6 is 0 Å². The molecule has 1 rings (SSSR count). The Morgan fingerprint density at radius 2 is 1.62 bits per heavy atom. The van der Waals surface area contributed by atoms with Gasteiger partial charge in [-0.3, -0.25) is 0 Å². The number of aliphatic hydroxyl groups is 1. The van der Waals surface area contributed by atoms with E-state index < -0.39 is 37.0 Å². The van der Waals surface area contributed by atoms with E-state index >= 15 is 0 Å². The van der Waals surface area contributed by atoms with Crippen molar-refractivity contribution in [2.24, 2.45) is 0 Å². The molecule has 9 heteroatoms. The molecule has 0 bridgehead atoms. The summed E-state index contributed by atoms with van der Waals surface area (Å²) in [7, 11) is 0. The number of hydrogen-bond donors (Lipinski definition) is 1. The van der Waals surface area contributed by atoms with E-state index in [4.69, 9.17) is 5.11 Å². The highest BCUT2D eigenvalue weighted by Gasteiger charge is 2.81. The molecule has 0 spiro atoms. The van der Waals surface area contributed by atoms with Gasteiger partial charge in [0.1, 0.15) is 0 Å². The molecule has 16 heavy (non-hydrogen) atoms. The Morgan fingerprint density at radius 3 is 2.06 bits per heavy atom. The van der Waals surface area contributed by atoms with Crippen LogP contribution in [0, 0.1) is 0 Å². The monoisotopic (exact) mass is 254 g/mol. The third-order valence-electron chi connectivity index (χ3n) is 2.01. The van der Waals surface area contributed by atoms with Crippen molar-refractivity contribution in [1.82, 2.24) is 0 Å². The zero-order valence-electron chi connectivity index (χ0n) is 7.89. The first-order valence-corrected chi connectivity index (χ1v) is 4.17. The van der Waals surface area contributed by atoms with Crippen molar-refractivity contribution in [2.45, 2.75) is 37.3 Å². The van der Waals surface area contributed by atoms with Crippen molar-refractivity contribution < 1.29 is 40.9 Å². The minimum Gasteiger partial charge on any atom is -0.363 e. The van der Waals surface area contributed by atoms with Gasteiger partial charge in [-0.2, -0.15) is 26.3 Å². The topological polar surface area (TPSA) is 38.7 Å². The Labute approximate surface area is 85.9 Å². The summed E-state index contributed by atoms with van der Waals surface area (Å²) in [5.74, 6) is -16.4. The van der Waals surface area contributed by atoms with Gasteiger partial charge in [-0.1, -0.05) is 0 Å². The lowest BCUT2D eigenvalue weighted by atomic mass is 10.0. The summed E-state index contributed by atoms with van der Waals surface area (Å²) in [6.45, 7) is 0.714. The molecule has 0 aliphatic carbocycles. The molecule has 3 nitrogen and oxygen atoms in total. The van der Waals surface area contributed by atoms with Crippen molar-refractivity contribution in [1.29, 1.82) is 0 Å². The van der Waals surface area contributed by atoms with E-state index in [1.807, 2.05) is 0 Å². The fraction of sp³-hybridized carbons (Fsp3) is 1.00. The normalized spacial score (nSPS) is 36.0. The summed E-state index contributed by atoms with van der Waals surface area (Å²) in [6, 6.07) is 0. The summed E-state index contributed by atoms with van der Waals surface area (Å²) < 4.78 is 84.3. The average molecular weight is 254 g/mol. The summed E-state index contributed by atoms with van der Waals surface area (Å²) in [4.78, 5) is 0. The SMILES string of the molecule is CCOC1OC(O)C(F)(F)C(F)(F)C1(F)F. The first-order chi connectivity index (χ1) is 7.09. The third kappa shape index (κ3) is 1.57. The van der Waals surface area contributed by atoms with Gasteiger partial charge in [0.2, 0.25) is 12.6 Å². The van der Waals surface area contributed by atoms with Crippen molar-refractivity contribution in [2.75, 3.05) is 6.61 Å². The Bertz CT molecular complexity index is 269. The molecule has 2 unspecified atom stereocenters. The maximum Gasteiger partial charge on any atom is 0.382 e. The molecule has 0 radical (unpaired) electrons. The molecule has 1 N–H and O–H groups in total. The van der Waals surface area contributed by atoms with Gasteiger partial charge < -0.3 is 14.6 Å². The molecule has 2 atom stereocenters. The van der Waals surface area contributed by atoms with Crippen LogP contribution in [-0.4, -0.2) is 42.1 Å². The maximum atomic E-state index is 12.9. The van der Waals surface area contributed by atoms with Gasteiger partial charge in [0.25, 0.3) is 0 Å². The van der Waals surface area contributed by atoms with E-state index in [0.717, 1.165) is 0 Å². The highest BCUT2D eigenvalue weighted by molar-refractivity contribution is 5.03. The highest BCUT2D eigenvalue weighted by Crippen LogP contribution is 2.53. The van der Waals surface area contributed by atoms with E-state index in [9.17, 15) is 26.3 Å². The first kappa shape index (κ1) is 13.5. The molecular weight excluding hydrogens is 246 g/mol. The summed E-state index contributed by atoms with van der Waals surface area (Å²) >= 11 is 0. The highest BCUT2D eigenvalue weighted by atomic mass is 19.3. The fourth-order valence-corrected chi connectivity index (χ4v) is 1.11. The summed E-state index contributed by atoms with van der Waals surface area (Å²) in [6.07, 6.45) is -6.26. The van der Waals surface area contributed by atoms with Crippen molar-refractivity contribution in [3.63, 3.8) is 0 Å². The van der Waals surface area contributed by atoms with Crippen LogP contribution in [0.15, 0.2) is 0 Å². The van der Waals surface area contributed by atoms with Crippen molar-refractivity contribution in [3.8, 4) is 0 Å². The van der Waals surface area contributed by atoms with E-state index in [0.29, 0.717) is 0 Å². The number of rotatable bonds is 2. The lowest BCUT2D eigenvalue weighted by Crippen LogP contribution is -2.70. The Morgan fingerprint density at radius 1 is 1.12 bits per heavy atom. The van der Waals surface area contributed by atoms with Gasteiger partial charge in [0, 0.05) is 6.61 Å². The van der Waals surface area contributed by atoms with Crippen LogP contribution < -0.4 is 0 Å². The molecule has 1 aliphatic heterocycles. The molecular formula is C7H8F6O3. The zero-order chi connectivity index (χ0) is 12.8. The molecule has 1 heterocycles. The zero-order valence-corrected chi connectivity index (χ0v) is 7.89. The molecule has 0 aromatic carbocycles. The van der Waals surface area contributed by atoms with E-state index in [2.05, 4.69) is 9.47 Å². The van der Waals surface area contributed by atoms with Crippen LogP contribution in [0.5, 0.6) is 0 Å². The molecule has 1 fully saturated rings. The van der Waals surface area contributed by atoms with Gasteiger partial charge in [-0.25, -0.2) is 0 Å². The predicted octanol–water partition coefficient (Wildman–Crippen LogP) is 1.60. The average Bonchev–Trinajstić information content (AvgIpc) is 2.14. The largest absolute Gasteiger partial charge is 0.382 e. The Kier molecular flexibility index (Phi) is 3.16. The second-order valence-corrected chi connectivity index (χ2v) is 3.10. The molecule has 0 aromatic heterocycles. The van der Waals surface area contributed by atoms with Gasteiger partial charge in [-0.15, -0.1) is 0 Å². The Balaban J connectivity index is 3.10. The number of aliphatic hydroxyl groups excluding tert-OH is 1. The first-order valence-electron chi connectivity index (χ1n) is 4.17. The number of halogens is 6. The maximum absolute atomic E-state index is 12.9. The molecule has 0 amide bonds. The molecule has 0 saturated carbocycles. The second-order valence-electron chi connectivity index (χ2n) is 3.10. The smallest absolute Gasteiger partial charge is 0.363 e. The standard InChI is InChI=1S/C7H8F6O3/c1-2-15-4-6(10,11)7(12,13)5(8,9)3(14)16-4/h3-4,14H,2H2,1H3. The van der Waals surface area contributed by atoms with Crippen molar-refractivity contribution in [3.05, 3.63) is 0 Å². The third-order valence-corrected chi connectivity index (χ3v) is 2.01. The lowest BCUT2D eigenvalue weighted by molar-refractivity contribution is -0.468. The quantitative estimate of drug-likeness (QED) is 0.761. The van der Waals surface area contributed by atoms with Crippen LogP contribution in [0.2, 0.25) is 0 Å². The van der Waals surface area contributed by atoms with E-state index in [1.54, 1.807) is 0 Å². The second kappa shape index (κ2) is 3.74. The van der Waals surface area contributed by atoms with E-state index in [1.165, 1.54) is 6.92 Å². The Hall–Kier alpha value is -0.540.